The molecule has 1 unspecified atom stereocenters. The molecule has 2 amide bonds. The number of hydrogen-bond donors (Lipinski definition) is 2. The third-order valence-electron chi connectivity index (χ3n) is 6.48. The van der Waals surface area contributed by atoms with E-state index in [0.29, 0.717) is 5.13 Å². The summed E-state index contributed by atoms with van der Waals surface area (Å²) in [5, 5.41) is 8.15. The Kier molecular flexibility index (Phi) is 8.33. The first-order chi connectivity index (χ1) is 18.2. The van der Waals surface area contributed by atoms with Crippen molar-refractivity contribution in [3.63, 3.8) is 0 Å². The van der Waals surface area contributed by atoms with Gasteiger partial charge in [-0.15, -0.1) is 23.1 Å². The standard InChI is InChI=1S/C30H29N3O2S2/c34-28(23-15-8-3-9-16-23)31-24-17-10-18-25(19-24)37-27(22-13-6-2-7-14-22)29(35)33-30-32-26(20-36-30)21-11-4-1-5-12-21/h1-2,4-7,10-14,17-20,23,27H,3,8-9,15-16H2,(H,31,34)(H,32,33,35). The first kappa shape index (κ1) is 25.2. The van der Waals surface area contributed by atoms with E-state index in [9.17, 15) is 9.59 Å². The number of amides is 2. The molecule has 0 radical (unpaired) electrons. The molecule has 1 aliphatic carbocycles. The van der Waals surface area contributed by atoms with Gasteiger partial charge in [0.05, 0.1) is 5.69 Å². The Morgan fingerprint density at radius 2 is 1.59 bits per heavy atom. The lowest BCUT2D eigenvalue weighted by Gasteiger charge is -2.21. The van der Waals surface area contributed by atoms with Crippen LogP contribution >= 0.6 is 23.1 Å². The van der Waals surface area contributed by atoms with Crippen LogP contribution in [0.5, 0.6) is 0 Å². The van der Waals surface area contributed by atoms with E-state index in [2.05, 4.69) is 15.6 Å². The number of benzene rings is 3. The van der Waals surface area contributed by atoms with Gasteiger partial charge in [-0.05, 0) is 36.6 Å². The Hall–Kier alpha value is -3.42. The van der Waals surface area contributed by atoms with Gasteiger partial charge in [-0.1, -0.05) is 86.0 Å². The fraction of sp³-hybridized carbons (Fsp3) is 0.233. The average molecular weight is 528 g/mol. The first-order valence-electron chi connectivity index (χ1n) is 12.6. The number of carbonyl (C=O) groups is 2. The summed E-state index contributed by atoms with van der Waals surface area (Å²) in [5.41, 5.74) is 3.52. The molecule has 1 fully saturated rings. The van der Waals surface area contributed by atoms with Crippen molar-refractivity contribution in [2.75, 3.05) is 10.6 Å². The summed E-state index contributed by atoms with van der Waals surface area (Å²) >= 11 is 2.88. The smallest absolute Gasteiger partial charge is 0.244 e. The van der Waals surface area contributed by atoms with E-state index < -0.39 is 5.25 Å². The predicted octanol–water partition coefficient (Wildman–Crippen LogP) is 7.80. The molecule has 188 valence electrons. The molecule has 5 rings (SSSR count). The van der Waals surface area contributed by atoms with Crippen LogP contribution in [0.25, 0.3) is 11.3 Å². The number of carbonyl (C=O) groups excluding carboxylic acids is 2. The number of rotatable bonds is 8. The average Bonchev–Trinajstić information content (AvgIpc) is 3.42. The summed E-state index contributed by atoms with van der Waals surface area (Å²) in [6.45, 7) is 0. The largest absolute Gasteiger partial charge is 0.326 e. The predicted molar refractivity (Wildman–Crippen MR) is 153 cm³/mol. The number of thioether (sulfide) groups is 1. The maximum absolute atomic E-state index is 13.5. The van der Waals surface area contributed by atoms with Crippen LogP contribution < -0.4 is 10.6 Å². The Balaban J connectivity index is 1.31. The van der Waals surface area contributed by atoms with Crippen molar-refractivity contribution in [2.24, 2.45) is 5.92 Å². The number of thiazole rings is 1. The van der Waals surface area contributed by atoms with E-state index in [1.165, 1.54) is 29.5 Å². The van der Waals surface area contributed by atoms with Crippen molar-refractivity contribution >= 4 is 45.7 Å². The fourth-order valence-corrected chi connectivity index (χ4v) is 6.34. The molecule has 1 saturated carbocycles. The lowest BCUT2D eigenvalue weighted by Crippen LogP contribution is -2.24. The van der Waals surface area contributed by atoms with Crippen LogP contribution in [0.1, 0.15) is 42.9 Å². The van der Waals surface area contributed by atoms with Gasteiger partial charge in [0.1, 0.15) is 5.25 Å². The van der Waals surface area contributed by atoms with Gasteiger partial charge in [-0.2, -0.15) is 0 Å². The van der Waals surface area contributed by atoms with Gasteiger partial charge in [-0.3, -0.25) is 9.59 Å². The third kappa shape index (κ3) is 6.67. The second kappa shape index (κ2) is 12.2. The molecule has 7 heteroatoms. The number of hydrogen-bond acceptors (Lipinski definition) is 5. The maximum atomic E-state index is 13.5. The minimum absolute atomic E-state index is 0.0898. The molecule has 1 aromatic heterocycles. The molecule has 37 heavy (non-hydrogen) atoms. The van der Waals surface area contributed by atoms with Gasteiger partial charge in [-0.25, -0.2) is 4.98 Å². The van der Waals surface area contributed by atoms with Crippen LogP contribution in [0.3, 0.4) is 0 Å². The highest BCUT2D eigenvalue weighted by Crippen LogP contribution is 2.38. The normalized spacial score (nSPS) is 14.6. The van der Waals surface area contributed by atoms with Gasteiger partial charge in [0.2, 0.25) is 11.8 Å². The van der Waals surface area contributed by atoms with E-state index >= 15 is 0 Å². The highest BCUT2D eigenvalue weighted by molar-refractivity contribution is 8.00. The van der Waals surface area contributed by atoms with Gasteiger partial charge in [0, 0.05) is 27.4 Å². The van der Waals surface area contributed by atoms with E-state index in [1.54, 1.807) is 0 Å². The highest BCUT2D eigenvalue weighted by atomic mass is 32.2. The molecule has 4 aromatic rings. The Labute approximate surface area is 225 Å². The SMILES string of the molecule is O=C(Nc1cccc(SC(C(=O)Nc2nc(-c3ccccc3)cs2)c2ccccc2)c1)C1CCCCC1. The first-order valence-corrected chi connectivity index (χ1v) is 14.4. The molecule has 0 aliphatic heterocycles. The summed E-state index contributed by atoms with van der Waals surface area (Å²) in [5.74, 6) is 0.0472. The van der Waals surface area contributed by atoms with Crippen LogP contribution in [0, 0.1) is 5.92 Å². The number of aromatic nitrogens is 1. The molecule has 1 aliphatic rings. The molecule has 2 N–H and O–H groups in total. The van der Waals surface area contributed by atoms with Crippen molar-refractivity contribution in [3.05, 3.63) is 95.9 Å². The number of anilines is 2. The van der Waals surface area contributed by atoms with Crippen molar-refractivity contribution in [1.82, 2.24) is 4.98 Å². The molecule has 3 aromatic carbocycles. The van der Waals surface area contributed by atoms with Crippen molar-refractivity contribution < 1.29 is 9.59 Å². The maximum Gasteiger partial charge on any atom is 0.244 e. The summed E-state index contributed by atoms with van der Waals surface area (Å²) < 4.78 is 0. The van der Waals surface area contributed by atoms with E-state index in [-0.39, 0.29) is 17.7 Å². The molecule has 0 saturated heterocycles. The molecular weight excluding hydrogens is 498 g/mol. The Morgan fingerprint density at radius 1 is 0.865 bits per heavy atom. The molecule has 0 bridgehead atoms. The zero-order valence-corrected chi connectivity index (χ0v) is 22.1. The van der Waals surface area contributed by atoms with Crippen molar-refractivity contribution in [2.45, 2.75) is 42.2 Å². The second-order valence-corrected chi connectivity index (χ2v) is 11.2. The summed E-state index contributed by atoms with van der Waals surface area (Å²) in [7, 11) is 0. The summed E-state index contributed by atoms with van der Waals surface area (Å²) in [6, 6.07) is 27.4. The lowest BCUT2D eigenvalue weighted by atomic mass is 9.88. The van der Waals surface area contributed by atoms with Gasteiger partial charge < -0.3 is 10.6 Å². The fourth-order valence-electron chi connectivity index (χ4n) is 4.54. The molecular formula is C30H29N3O2S2. The minimum atomic E-state index is -0.477. The quantitative estimate of drug-likeness (QED) is 0.229. The third-order valence-corrected chi connectivity index (χ3v) is 8.48. The van der Waals surface area contributed by atoms with Crippen molar-refractivity contribution in [1.29, 1.82) is 0 Å². The zero-order valence-electron chi connectivity index (χ0n) is 20.4. The molecule has 5 nitrogen and oxygen atoms in total. The minimum Gasteiger partial charge on any atom is -0.326 e. The summed E-state index contributed by atoms with van der Waals surface area (Å²) in [4.78, 5) is 31.8. The van der Waals surface area contributed by atoms with Crippen LogP contribution in [0.4, 0.5) is 10.8 Å². The van der Waals surface area contributed by atoms with Crippen molar-refractivity contribution in [3.8, 4) is 11.3 Å². The Bertz CT molecular complexity index is 1340. The lowest BCUT2D eigenvalue weighted by molar-refractivity contribution is -0.120. The van der Waals surface area contributed by atoms with Crippen LogP contribution in [0.2, 0.25) is 0 Å². The Morgan fingerprint density at radius 3 is 2.35 bits per heavy atom. The number of nitrogens with zero attached hydrogens (tertiary/aromatic N) is 1. The van der Waals surface area contributed by atoms with E-state index in [1.807, 2.05) is 90.3 Å². The molecule has 1 heterocycles. The van der Waals surface area contributed by atoms with E-state index in [4.69, 9.17) is 0 Å². The van der Waals surface area contributed by atoms with E-state index in [0.717, 1.165) is 53.1 Å². The highest BCUT2D eigenvalue weighted by Gasteiger charge is 2.24. The van der Waals surface area contributed by atoms with Crippen LogP contribution in [0.15, 0.2) is 95.2 Å². The van der Waals surface area contributed by atoms with Gasteiger partial charge >= 0.3 is 0 Å². The van der Waals surface area contributed by atoms with Gasteiger partial charge in [0.15, 0.2) is 5.13 Å². The summed E-state index contributed by atoms with van der Waals surface area (Å²) in [6.07, 6.45) is 5.37. The monoisotopic (exact) mass is 527 g/mol. The molecule has 0 spiro atoms. The molecule has 1 atom stereocenters. The number of nitrogens with one attached hydrogen (secondary N) is 2. The van der Waals surface area contributed by atoms with Crippen LogP contribution in [-0.4, -0.2) is 16.8 Å². The zero-order chi connectivity index (χ0) is 25.5. The van der Waals surface area contributed by atoms with Gasteiger partial charge in [0.25, 0.3) is 0 Å². The second-order valence-electron chi connectivity index (χ2n) is 9.15. The van der Waals surface area contributed by atoms with Crippen LogP contribution in [-0.2, 0) is 9.59 Å². The topological polar surface area (TPSA) is 71.1 Å².